The molecule has 1 aromatic carbocycles. The Labute approximate surface area is 114 Å². The number of hydrogen-bond donors (Lipinski definition) is 3. The molecule has 106 valence electrons. The molecule has 0 aromatic heterocycles. The smallest absolute Gasteiger partial charge is 0.238 e. The Kier molecular flexibility index (Phi) is 4.93. The summed E-state index contributed by atoms with van der Waals surface area (Å²) >= 11 is 0. The van der Waals surface area contributed by atoms with Gasteiger partial charge in [0.15, 0.2) is 0 Å². The molecule has 6 heteroatoms. The van der Waals surface area contributed by atoms with Crippen molar-refractivity contribution in [2.45, 2.75) is 24.3 Å². The second-order valence-electron chi connectivity index (χ2n) is 5.02. The van der Waals surface area contributed by atoms with E-state index in [1.807, 2.05) is 6.07 Å². The normalized spacial score (nSPS) is 17.5. The molecule has 0 unspecified atom stereocenters. The lowest BCUT2D eigenvalue weighted by atomic mass is 9.98. The fraction of sp³-hybridized carbons (Fsp3) is 0.538. The molecule has 0 spiro atoms. The number of nitrogens with two attached hydrogens (primary N) is 1. The highest BCUT2D eigenvalue weighted by Gasteiger charge is 2.12. The Hall–Kier alpha value is -0.950. The first kappa shape index (κ1) is 14.5. The molecule has 0 saturated carbocycles. The number of primary sulfonamides is 1. The summed E-state index contributed by atoms with van der Waals surface area (Å²) < 4.78 is 22.5. The van der Waals surface area contributed by atoms with Crippen molar-refractivity contribution >= 4 is 10.0 Å². The van der Waals surface area contributed by atoms with Crippen LogP contribution in [0.15, 0.2) is 29.2 Å². The molecule has 1 saturated heterocycles. The Morgan fingerprint density at radius 2 is 2.05 bits per heavy atom. The quantitative estimate of drug-likeness (QED) is 0.731. The van der Waals surface area contributed by atoms with E-state index in [0.29, 0.717) is 12.5 Å². The summed E-state index contributed by atoms with van der Waals surface area (Å²) in [6.07, 6.45) is 2.40. The van der Waals surface area contributed by atoms with Crippen LogP contribution in [0.1, 0.15) is 18.4 Å². The molecule has 19 heavy (non-hydrogen) atoms. The summed E-state index contributed by atoms with van der Waals surface area (Å²) in [5.41, 5.74) is 0.945. The average molecular weight is 283 g/mol. The molecule has 0 aliphatic carbocycles. The predicted molar refractivity (Wildman–Crippen MR) is 75.1 cm³/mol. The zero-order valence-electron chi connectivity index (χ0n) is 10.9. The van der Waals surface area contributed by atoms with E-state index in [1.165, 1.54) is 18.9 Å². The zero-order valence-corrected chi connectivity index (χ0v) is 11.7. The summed E-state index contributed by atoms with van der Waals surface area (Å²) in [5, 5.41) is 11.8. The minimum absolute atomic E-state index is 0.175. The van der Waals surface area contributed by atoms with Gasteiger partial charge < -0.3 is 10.6 Å². The van der Waals surface area contributed by atoms with Gasteiger partial charge in [0.05, 0.1) is 4.90 Å². The maximum atomic E-state index is 11.3. The lowest BCUT2D eigenvalue weighted by Gasteiger charge is -2.22. The van der Waals surface area contributed by atoms with Gasteiger partial charge in [0.2, 0.25) is 10.0 Å². The lowest BCUT2D eigenvalue weighted by molar-refractivity contribution is 0.356. The Morgan fingerprint density at radius 1 is 1.32 bits per heavy atom. The monoisotopic (exact) mass is 283 g/mol. The number of benzene rings is 1. The number of nitrogens with one attached hydrogen (secondary N) is 2. The Balaban J connectivity index is 1.85. The van der Waals surface area contributed by atoms with Crippen LogP contribution in [-0.2, 0) is 16.6 Å². The van der Waals surface area contributed by atoms with Crippen molar-refractivity contribution in [3.63, 3.8) is 0 Å². The molecular weight excluding hydrogens is 262 g/mol. The van der Waals surface area contributed by atoms with E-state index in [4.69, 9.17) is 5.14 Å². The molecule has 1 aromatic rings. The van der Waals surface area contributed by atoms with Crippen LogP contribution in [0.25, 0.3) is 0 Å². The summed E-state index contributed by atoms with van der Waals surface area (Å²) in [6, 6.07) is 6.78. The van der Waals surface area contributed by atoms with Gasteiger partial charge in [-0.15, -0.1) is 0 Å². The van der Waals surface area contributed by atoms with Gasteiger partial charge in [-0.2, -0.15) is 0 Å². The fourth-order valence-corrected chi connectivity index (χ4v) is 2.92. The molecule has 4 N–H and O–H groups in total. The number of hydrogen-bond acceptors (Lipinski definition) is 4. The molecule has 1 aliphatic rings. The van der Waals surface area contributed by atoms with Crippen molar-refractivity contribution in [1.29, 1.82) is 0 Å². The summed E-state index contributed by atoms with van der Waals surface area (Å²) in [5.74, 6) is 0.711. The van der Waals surface area contributed by atoms with Gasteiger partial charge in [-0.3, -0.25) is 0 Å². The van der Waals surface area contributed by atoms with E-state index in [1.54, 1.807) is 12.1 Å². The van der Waals surface area contributed by atoms with Crippen molar-refractivity contribution in [1.82, 2.24) is 10.6 Å². The summed E-state index contributed by atoms with van der Waals surface area (Å²) in [7, 11) is -3.61. The van der Waals surface area contributed by atoms with Crippen LogP contribution in [0, 0.1) is 5.92 Å². The van der Waals surface area contributed by atoms with Crippen LogP contribution < -0.4 is 15.8 Å². The molecule has 2 rings (SSSR count). The van der Waals surface area contributed by atoms with Gasteiger partial charge in [0, 0.05) is 6.54 Å². The van der Waals surface area contributed by atoms with Crippen LogP contribution in [-0.4, -0.2) is 28.1 Å². The Bertz CT molecular complexity index is 510. The fourth-order valence-electron chi connectivity index (χ4n) is 2.34. The third kappa shape index (κ3) is 4.58. The average Bonchev–Trinajstić information content (AvgIpc) is 2.39. The van der Waals surface area contributed by atoms with E-state index in [2.05, 4.69) is 10.6 Å². The maximum Gasteiger partial charge on any atom is 0.238 e. The Morgan fingerprint density at radius 3 is 2.74 bits per heavy atom. The standard InChI is InChI=1S/C13H21N3O2S/c14-19(17,18)13-3-1-2-12(8-13)10-16-9-11-4-6-15-7-5-11/h1-3,8,11,15-16H,4-7,9-10H2,(H2,14,17,18). The summed E-state index contributed by atoms with van der Waals surface area (Å²) in [4.78, 5) is 0.175. The van der Waals surface area contributed by atoms with Gasteiger partial charge >= 0.3 is 0 Å². The van der Waals surface area contributed by atoms with E-state index < -0.39 is 10.0 Å². The number of sulfonamides is 1. The van der Waals surface area contributed by atoms with Crippen LogP contribution in [0.5, 0.6) is 0 Å². The van der Waals surface area contributed by atoms with Crippen molar-refractivity contribution in [2.75, 3.05) is 19.6 Å². The first-order valence-electron chi connectivity index (χ1n) is 6.59. The van der Waals surface area contributed by atoms with Gasteiger partial charge in [-0.05, 0) is 56.1 Å². The molecule has 0 atom stereocenters. The first-order chi connectivity index (χ1) is 9.05. The van der Waals surface area contributed by atoms with Gasteiger partial charge in [-0.25, -0.2) is 13.6 Å². The molecule has 1 aliphatic heterocycles. The van der Waals surface area contributed by atoms with E-state index >= 15 is 0 Å². The van der Waals surface area contributed by atoms with Crippen molar-refractivity contribution in [3.8, 4) is 0 Å². The van der Waals surface area contributed by atoms with Crippen molar-refractivity contribution in [3.05, 3.63) is 29.8 Å². The molecule has 1 heterocycles. The molecule has 0 radical (unpaired) electrons. The third-order valence-electron chi connectivity index (χ3n) is 3.45. The predicted octanol–water partition coefficient (Wildman–Crippen LogP) is 0.423. The largest absolute Gasteiger partial charge is 0.317 e. The highest BCUT2D eigenvalue weighted by Crippen LogP contribution is 2.12. The molecule has 1 fully saturated rings. The first-order valence-corrected chi connectivity index (χ1v) is 8.13. The van der Waals surface area contributed by atoms with Crippen LogP contribution in [0.4, 0.5) is 0 Å². The highest BCUT2D eigenvalue weighted by atomic mass is 32.2. The topological polar surface area (TPSA) is 84.2 Å². The SMILES string of the molecule is NS(=O)(=O)c1cccc(CNCC2CCNCC2)c1. The van der Waals surface area contributed by atoms with Crippen LogP contribution in [0.3, 0.4) is 0 Å². The van der Waals surface area contributed by atoms with E-state index in [0.717, 1.165) is 25.2 Å². The number of piperidine rings is 1. The summed E-state index contributed by atoms with van der Waals surface area (Å²) in [6.45, 7) is 3.83. The zero-order chi connectivity index (χ0) is 13.7. The van der Waals surface area contributed by atoms with Crippen LogP contribution >= 0.6 is 0 Å². The molecular formula is C13H21N3O2S. The van der Waals surface area contributed by atoms with Gasteiger partial charge in [0.1, 0.15) is 0 Å². The van der Waals surface area contributed by atoms with Gasteiger partial charge in [0.25, 0.3) is 0 Å². The van der Waals surface area contributed by atoms with E-state index in [-0.39, 0.29) is 4.90 Å². The lowest BCUT2D eigenvalue weighted by Crippen LogP contribution is -2.33. The van der Waals surface area contributed by atoms with Crippen molar-refractivity contribution < 1.29 is 8.42 Å². The second kappa shape index (κ2) is 6.47. The van der Waals surface area contributed by atoms with E-state index in [9.17, 15) is 8.42 Å². The highest BCUT2D eigenvalue weighted by molar-refractivity contribution is 7.89. The molecule has 0 amide bonds. The van der Waals surface area contributed by atoms with Crippen molar-refractivity contribution in [2.24, 2.45) is 11.1 Å². The van der Waals surface area contributed by atoms with Crippen LogP contribution in [0.2, 0.25) is 0 Å². The minimum atomic E-state index is -3.61. The minimum Gasteiger partial charge on any atom is -0.317 e. The van der Waals surface area contributed by atoms with Gasteiger partial charge in [-0.1, -0.05) is 12.1 Å². The molecule has 0 bridgehead atoms. The third-order valence-corrected chi connectivity index (χ3v) is 4.36. The maximum absolute atomic E-state index is 11.3. The second-order valence-corrected chi connectivity index (χ2v) is 6.58. The number of rotatable bonds is 5. The molecule has 5 nitrogen and oxygen atoms in total.